The number of hydrogen-bond donors (Lipinski definition) is 1. The molecule has 0 bridgehead atoms. The summed E-state index contributed by atoms with van der Waals surface area (Å²) in [5.74, 6) is 1.03. The molecule has 18 heavy (non-hydrogen) atoms. The van der Waals surface area contributed by atoms with Crippen molar-refractivity contribution in [2.45, 2.75) is 13.3 Å². The predicted molar refractivity (Wildman–Crippen MR) is 67.4 cm³/mol. The van der Waals surface area contributed by atoms with Crippen LogP contribution in [0, 0.1) is 0 Å². The smallest absolute Gasteiger partial charge is 0.321 e. The van der Waals surface area contributed by atoms with Crippen molar-refractivity contribution in [1.29, 1.82) is 0 Å². The Bertz CT molecular complexity index is 524. The van der Waals surface area contributed by atoms with Crippen LogP contribution in [0.15, 0.2) is 12.4 Å². The molecule has 7 heteroatoms. The van der Waals surface area contributed by atoms with Crippen LogP contribution in [0.4, 0.5) is 5.95 Å². The second kappa shape index (κ2) is 5.44. The van der Waals surface area contributed by atoms with Gasteiger partial charge in [0.15, 0.2) is 5.82 Å². The lowest BCUT2D eigenvalue weighted by Gasteiger charge is -2.06. The summed E-state index contributed by atoms with van der Waals surface area (Å²) in [6, 6.07) is 0.329. The molecule has 7 nitrogen and oxygen atoms in total. The van der Waals surface area contributed by atoms with Crippen LogP contribution in [0.25, 0.3) is 11.4 Å². The van der Waals surface area contributed by atoms with Gasteiger partial charge in [0.1, 0.15) is 0 Å². The number of aryl methyl sites for hydroxylation is 1. The average molecular weight is 248 g/mol. The van der Waals surface area contributed by atoms with E-state index in [4.69, 9.17) is 4.74 Å². The monoisotopic (exact) mass is 248 g/mol. The summed E-state index contributed by atoms with van der Waals surface area (Å²) in [6.07, 6.45) is 4.46. The zero-order valence-corrected chi connectivity index (χ0v) is 10.7. The first-order valence-corrected chi connectivity index (χ1v) is 5.78. The van der Waals surface area contributed by atoms with Gasteiger partial charge < -0.3 is 10.1 Å². The summed E-state index contributed by atoms with van der Waals surface area (Å²) in [5.41, 5.74) is 0.831. The number of nitrogens with one attached hydrogen (secondary N) is 1. The minimum atomic E-state index is 0.329. The molecule has 0 spiro atoms. The summed E-state index contributed by atoms with van der Waals surface area (Å²) in [4.78, 5) is 12.7. The molecule has 0 radical (unpaired) electrons. The quantitative estimate of drug-likeness (QED) is 0.853. The van der Waals surface area contributed by atoms with Crippen molar-refractivity contribution in [3.63, 3.8) is 0 Å². The second-order valence-electron chi connectivity index (χ2n) is 3.77. The van der Waals surface area contributed by atoms with E-state index in [9.17, 15) is 0 Å². The van der Waals surface area contributed by atoms with Crippen molar-refractivity contribution in [1.82, 2.24) is 24.7 Å². The molecule has 0 fully saturated rings. The highest BCUT2D eigenvalue weighted by Gasteiger charge is 2.10. The highest BCUT2D eigenvalue weighted by atomic mass is 16.5. The van der Waals surface area contributed by atoms with Gasteiger partial charge in [-0.25, -0.2) is 0 Å². The molecule has 1 N–H and O–H groups in total. The van der Waals surface area contributed by atoms with Crippen molar-refractivity contribution in [3.05, 3.63) is 12.4 Å². The van der Waals surface area contributed by atoms with Crippen molar-refractivity contribution in [2.75, 3.05) is 19.0 Å². The van der Waals surface area contributed by atoms with Crippen molar-refractivity contribution >= 4 is 5.95 Å². The van der Waals surface area contributed by atoms with Crippen LogP contribution < -0.4 is 10.1 Å². The Balaban J connectivity index is 2.34. The van der Waals surface area contributed by atoms with E-state index in [0.29, 0.717) is 24.4 Å². The Morgan fingerprint density at radius 1 is 1.33 bits per heavy atom. The van der Waals surface area contributed by atoms with Gasteiger partial charge in [0.05, 0.1) is 18.4 Å². The van der Waals surface area contributed by atoms with Gasteiger partial charge in [0.25, 0.3) is 0 Å². The molecule has 0 atom stereocenters. The molecule has 0 saturated carbocycles. The normalized spacial score (nSPS) is 10.4. The van der Waals surface area contributed by atoms with Crippen LogP contribution in [0.2, 0.25) is 0 Å². The first-order valence-electron chi connectivity index (χ1n) is 5.78. The molecule has 0 aliphatic rings. The molecule has 2 heterocycles. The molecule has 2 rings (SSSR count). The van der Waals surface area contributed by atoms with E-state index in [1.54, 1.807) is 17.9 Å². The summed E-state index contributed by atoms with van der Waals surface area (Å²) in [5, 5.41) is 6.99. The van der Waals surface area contributed by atoms with Gasteiger partial charge in [-0.15, -0.1) is 0 Å². The van der Waals surface area contributed by atoms with Crippen LogP contribution in [0.5, 0.6) is 6.01 Å². The van der Waals surface area contributed by atoms with E-state index in [0.717, 1.165) is 12.0 Å². The van der Waals surface area contributed by atoms with Gasteiger partial charge >= 0.3 is 6.01 Å². The maximum absolute atomic E-state index is 5.44. The Kier molecular flexibility index (Phi) is 3.71. The summed E-state index contributed by atoms with van der Waals surface area (Å²) >= 11 is 0. The third-order valence-electron chi connectivity index (χ3n) is 2.24. The topological polar surface area (TPSA) is 77.8 Å². The number of hydrogen-bond acceptors (Lipinski definition) is 6. The molecular formula is C11H16N6O. The first-order chi connectivity index (χ1) is 8.72. The molecule has 0 aliphatic heterocycles. The maximum atomic E-state index is 5.44. The molecule has 0 saturated heterocycles. The third kappa shape index (κ3) is 2.73. The number of ether oxygens (including phenoxy) is 1. The van der Waals surface area contributed by atoms with Crippen molar-refractivity contribution < 1.29 is 4.74 Å². The van der Waals surface area contributed by atoms with Crippen LogP contribution in [-0.2, 0) is 7.05 Å². The molecular weight excluding hydrogens is 232 g/mol. The van der Waals surface area contributed by atoms with Crippen molar-refractivity contribution in [2.24, 2.45) is 7.05 Å². The van der Waals surface area contributed by atoms with E-state index in [1.807, 2.05) is 20.2 Å². The van der Waals surface area contributed by atoms with E-state index >= 15 is 0 Å². The van der Waals surface area contributed by atoms with Gasteiger partial charge in [-0.05, 0) is 6.42 Å². The highest BCUT2D eigenvalue weighted by molar-refractivity contribution is 5.54. The van der Waals surface area contributed by atoms with E-state index < -0.39 is 0 Å². The number of anilines is 1. The van der Waals surface area contributed by atoms with Gasteiger partial charge in [0, 0.05) is 20.3 Å². The molecule has 0 aromatic carbocycles. The Morgan fingerprint density at radius 2 is 2.17 bits per heavy atom. The van der Waals surface area contributed by atoms with Gasteiger partial charge in [-0.2, -0.15) is 20.1 Å². The molecule has 0 amide bonds. The van der Waals surface area contributed by atoms with Gasteiger partial charge in [-0.3, -0.25) is 4.68 Å². The van der Waals surface area contributed by atoms with Gasteiger partial charge in [-0.1, -0.05) is 6.92 Å². The fraction of sp³-hybridized carbons (Fsp3) is 0.455. The Morgan fingerprint density at radius 3 is 2.78 bits per heavy atom. The predicted octanol–water partition coefficient (Wildman–Crippen LogP) is 1.10. The Hall–Kier alpha value is -2.18. The fourth-order valence-corrected chi connectivity index (χ4v) is 1.39. The van der Waals surface area contributed by atoms with Crippen LogP contribution >= 0.6 is 0 Å². The standard InChI is InChI=1S/C11H16N6O/c1-4-5-18-11-15-9(14-10(12-2)16-11)8-6-13-17(3)7-8/h6-7H,4-5H2,1-3H3,(H,12,14,15,16). The fourth-order valence-electron chi connectivity index (χ4n) is 1.39. The first kappa shape index (κ1) is 12.3. The van der Waals surface area contributed by atoms with E-state index in [-0.39, 0.29) is 0 Å². The lowest BCUT2D eigenvalue weighted by molar-refractivity contribution is 0.292. The molecule has 2 aromatic heterocycles. The number of nitrogens with zero attached hydrogens (tertiary/aromatic N) is 5. The lowest BCUT2D eigenvalue weighted by atomic mass is 10.3. The summed E-state index contributed by atoms with van der Waals surface area (Å²) < 4.78 is 7.14. The molecule has 2 aromatic rings. The Labute approximate surface area is 105 Å². The minimum Gasteiger partial charge on any atom is -0.463 e. The van der Waals surface area contributed by atoms with Gasteiger partial charge in [0.2, 0.25) is 5.95 Å². The molecule has 0 aliphatic carbocycles. The average Bonchev–Trinajstić information content (AvgIpc) is 2.82. The highest BCUT2D eigenvalue weighted by Crippen LogP contribution is 2.17. The summed E-state index contributed by atoms with van der Waals surface area (Å²) in [6.45, 7) is 2.61. The van der Waals surface area contributed by atoms with Crippen LogP contribution in [0.1, 0.15) is 13.3 Å². The van der Waals surface area contributed by atoms with Crippen molar-refractivity contribution in [3.8, 4) is 17.4 Å². The molecule has 0 unspecified atom stereocenters. The van der Waals surface area contributed by atoms with Crippen LogP contribution in [0.3, 0.4) is 0 Å². The number of rotatable bonds is 5. The largest absolute Gasteiger partial charge is 0.463 e. The second-order valence-corrected chi connectivity index (χ2v) is 3.77. The zero-order chi connectivity index (χ0) is 13.0. The van der Waals surface area contributed by atoms with E-state index in [2.05, 4.69) is 25.4 Å². The van der Waals surface area contributed by atoms with Crippen LogP contribution in [-0.4, -0.2) is 38.4 Å². The molecule has 96 valence electrons. The minimum absolute atomic E-state index is 0.329. The third-order valence-corrected chi connectivity index (χ3v) is 2.24. The SMILES string of the molecule is CCCOc1nc(NC)nc(-c2cnn(C)c2)n1. The summed E-state index contributed by atoms with van der Waals surface area (Å²) in [7, 11) is 3.60. The maximum Gasteiger partial charge on any atom is 0.321 e. The zero-order valence-electron chi connectivity index (χ0n) is 10.7. The van der Waals surface area contributed by atoms with E-state index in [1.165, 1.54) is 0 Å². The number of aromatic nitrogens is 5. The lowest BCUT2D eigenvalue weighted by Crippen LogP contribution is -2.05.